The number of hydrogen-bond acceptors (Lipinski definition) is 3. The van der Waals surface area contributed by atoms with Crippen LogP contribution >= 0.6 is 31.9 Å². The van der Waals surface area contributed by atoms with E-state index in [-0.39, 0.29) is 5.54 Å². The van der Waals surface area contributed by atoms with Gasteiger partial charge in [-0.3, -0.25) is 0 Å². The Hall–Kier alpha value is -0.260. The minimum Gasteiger partial charge on any atom is -0.496 e. The molecule has 0 aliphatic heterocycles. The number of ether oxygens (including phenoxy) is 2. The van der Waals surface area contributed by atoms with E-state index in [1.807, 2.05) is 12.1 Å². The van der Waals surface area contributed by atoms with Crippen LogP contribution in [0, 0.1) is 0 Å². The molecule has 21 heavy (non-hydrogen) atoms. The number of unbranched alkanes of at least 4 members (excludes halogenated alkanes) is 2. The minimum absolute atomic E-state index is 0.205. The fourth-order valence-corrected chi connectivity index (χ4v) is 2.75. The third kappa shape index (κ3) is 7.52. The van der Waals surface area contributed by atoms with Gasteiger partial charge in [-0.2, -0.15) is 0 Å². The van der Waals surface area contributed by atoms with Crippen LogP contribution in [0.5, 0.6) is 11.5 Å². The van der Waals surface area contributed by atoms with Gasteiger partial charge in [0.2, 0.25) is 0 Å². The fourth-order valence-electron chi connectivity index (χ4n) is 1.83. The van der Waals surface area contributed by atoms with Crippen molar-refractivity contribution < 1.29 is 9.47 Å². The van der Waals surface area contributed by atoms with Crippen molar-refractivity contribution in [1.29, 1.82) is 0 Å². The molecule has 0 unspecified atom stereocenters. The number of halogens is 2. The number of rotatable bonds is 8. The molecule has 0 aromatic heterocycles. The van der Waals surface area contributed by atoms with Gasteiger partial charge in [0.1, 0.15) is 11.5 Å². The van der Waals surface area contributed by atoms with E-state index < -0.39 is 0 Å². The molecule has 0 saturated carbocycles. The molecule has 0 aliphatic carbocycles. The normalized spacial score (nSPS) is 11.5. The summed E-state index contributed by atoms with van der Waals surface area (Å²) in [6, 6.07) is 3.84. The molecule has 120 valence electrons. The summed E-state index contributed by atoms with van der Waals surface area (Å²) in [4.78, 5) is 0. The van der Waals surface area contributed by atoms with Crippen molar-refractivity contribution in [3.05, 3.63) is 21.1 Å². The van der Waals surface area contributed by atoms with E-state index in [2.05, 4.69) is 57.9 Å². The molecule has 1 aromatic rings. The van der Waals surface area contributed by atoms with Gasteiger partial charge in [-0.25, -0.2) is 0 Å². The van der Waals surface area contributed by atoms with E-state index >= 15 is 0 Å². The van der Waals surface area contributed by atoms with Crippen molar-refractivity contribution >= 4 is 31.9 Å². The molecule has 0 fully saturated rings. The lowest BCUT2D eigenvalue weighted by Gasteiger charge is -2.20. The molecule has 0 bridgehead atoms. The lowest BCUT2D eigenvalue weighted by atomic mass is 10.1. The van der Waals surface area contributed by atoms with Crippen molar-refractivity contribution in [2.24, 2.45) is 0 Å². The molecule has 0 saturated heterocycles. The molecular weight excluding hydrogens is 398 g/mol. The first kappa shape index (κ1) is 18.8. The Bertz CT molecular complexity index is 445. The van der Waals surface area contributed by atoms with Crippen molar-refractivity contribution in [3.63, 3.8) is 0 Å². The van der Waals surface area contributed by atoms with E-state index in [4.69, 9.17) is 9.47 Å². The van der Waals surface area contributed by atoms with Crippen molar-refractivity contribution in [2.45, 2.75) is 45.6 Å². The van der Waals surface area contributed by atoms with Crippen molar-refractivity contribution in [3.8, 4) is 11.5 Å². The Kier molecular flexibility index (Phi) is 8.06. The quantitative estimate of drug-likeness (QED) is 0.587. The zero-order valence-corrected chi connectivity index (χ0v) is 16.4. The van der Waals surface area contributed by atoms with E-state index in [9.17, 15) is 0 Å². The standard InChI is InChI=1S/C16H25Br2NO2/c1-16(2,3)19-8-6-5-7-9-21-15-11-12(17)14(20-4)10-13(15)18/h10-11,19H,5-9H2,1-4H3. The SMILES string of the molecule is COc1cc(Br)c(OCCCCCNC(C)(C)C)cc1Br. The van der Waals surface area contributed by atoms with E-state index in [0.717, 1.165) is 46.4 Å². The third-order valence-corrected chi connectivity index (χ3v) is 4.18. The predicted octanol–water partition coefficient (Wildman–Crippen LogP) is 5.16. The first-order valence-corrected chi connectivity index (χ1v) is 8.83. The van der Waals surface area contributed by atoms with Crippen LogP contribution < -0.4 is 14.8 Å². The molecule has 0 radical (unpaired) electrons. The first-order chi connectivity index (χ1) is 9.83. The maximum Gasteiger partial charge on any atom is 0.134 e. The highest BCUT2D eigenvalue weighted by molar-refractivity contribution is 9.11. The van der Waals surface area contributed by atoms with Gasteiger partial charge in [0.05, 0.1) is 22.7 Å². The highest BCUT2D eigenvalue weighted by Crippen LogP contribution is 2.36. The maximum absolute atomic E-state index is 5.81. The van der Waals surface area contributed by atoms with Gasteiger partial charge in [-0.15, -0.1) is 0 Å². The summed E-state index contributed by atoms with van der Waals surface area (Å²) in [5, 5.41) is 3.49. The molecule has 0 heterocycles. The Morgan fingerprint density at radius 1 is 1.00 bits per heavy atom. The average molecular weight is 423 g/mol. The minimum atomic E-state index is 0.205. The summed E-state index contributed by atoms with van der Waals surface area (Å²) in [5.74, 6) is 1.64. The molecule has 0 amide bonds. The monoisotopic (exact) mass is 421 g/mol. The van der Waals surface area contributed by atoms with Crippen LogP contribution in [-0.4, -0.2) is 25.8 Å². The van der Waals surface area contributed by atoms with E-state index in [0.29, 0.717) is 0 Å². The van der Waals surface area contributed by atoms with Gasteiger partial charge in [0.25, 0.3) is 0 Å². The van der Waals surface area contributed by atoms with Crippen LogP contribution in [0.2, 0.25) is 0 Å². The topological polar surface area (TPSA) is 30.5 Å². The van der Waals surface area contributed by atoms with E-state index in [1.54, 1.807) is 7.11 Å². The molecule has 3 nitrogen and oxygen atoms in total. The summed E-state index contributed by atoms with van der Waals surface area (Å²) in [6.45, 7) is 8.35. The Morgan fingerprint density at radius 3 is 2.24 bits per heavy atom. The zero-order valence-electron chi connectivity index (χ0n) is 13.3. The zero-order chi connectivity index (χ0) is 15.9. The predicted molar refractivity (Wildman–Crippen MR) is 95.5 cm³/mol. The molecule has 1 rings (SSSR count). The molecule has 0 atom stereocenters. The van der Waals surface area contributed by atoms with Gasteiger partial charge in [0.15, 0.2) is 0 Å². The molecular formula is C16H25Br2NO2. The smallest absolute Gasteiger partial charge is 0.134 e. The van der Waals surface area contributed by atoms with Gasteiger partial charge >= 0.3 is 0 Å². The summed E-state index contributed by atoms with van der Waals surface area (Å²) < 4.78 is 12.9. The van der Waals surface area contributed by atoms with Crippen LogP contribution in [0.25, 0.3) is 0 Å². The second-order valence-electron chi connectivity index (χ2n) is 6.00. The van der Waals surface area contributed by atoms with E-state index in [1.165, 1.54) is 6.42 Å². The Labute approximate surface area is 145 Å². The molecule has 5 heteroatoms. The second-order valence-corrected chi connectivity index (χ2v) is 7.71. The number of nitrogens with one attached hydrogen (secondary N) is 1. The first-order valence-electron chi connectivity index (χ1n) is 7.24. The van der Waals surface area contributed by atoms with Gasteiger partial charge in [-0.05, 0) is 90.6 Å². The molecule has 0 spiro atoms. The number of methoxy groups -OCH3 is 1. The fraction of sp³-hybridized carbons (Fsp3) is 0.625. The highest BCUT2D eigenvalue weighted by Gasteiger charge is 2.09. The number of benzene rings is 1. The highest BCUT2D eigenvalue weighted by atomic mass is 79.9. The van der Waals surface area contributed by atoms with Crippen molar-refractivity contribution in [2.75, 3.05) is 20.3 Å². The lowest BCUT2D eigenvalue weighted by Crippen LogP contribution is -2.36. The average Bonchev–Trinajstić information content (AvgIpc) is 2.39. The molecule has 1 aromatic carbocycles. The summed E-state index contributed by atoms with van der Waals surface area (Å²) in [5.41, 5.74) is 0.205. The summed E-state index contributed by atoms with van der Waals surface area (Å²) in [6.07, 6.45) is 3.40. The Morgan fingerprint density at radius 2 is 1.62 bits per heavy atom. The molecule has 1 N–H and O–H groups in total. The van der Waals surface area contributed by atoms with Crippen molar-refractivity contribution in [1.82, 2.24) is 5.32 Å². The van der Waals surface area contributed by atoms with Gasteiger partial charge in [0, 0.05) is 5.54 Å². The number of hydrogen-bond donors (Lipinski definition) is 1. The van der Waals surface area contributed by atoms with Crippen LogP contribution in [0.1, 0.15) is 40.0 Å². The largest absolute Gasteiger partial charge is 0.496 e. The lowest BCUT2D eigenvalue weighted by molar-refractivity contribution is 0.300. The van der Waals surface area contributed by atoms with Gasteiger partial charge < -0.3 is 14.8 Å². The Balaban J connectivity index is 2.26. The van der Waals surface area contributed by atoms with Crippen LogP contribution in [-0.2, 0) is 0 Å². The summed E-state index contributed by atoms with van der Waals surface area (Å²) in [7, 11) is 1.65. The third-order valence-electron chi connectivity index (χ3n) is 2.94. The summed E-state index contributed by atoms with van der Waals surface area (Å²) >= 11 is 6.97. The molecule has 0 aliphatic rings. The maximum atomic E-state index is 5.81. The van der Waals surface area contributed by atoms with Crippen LogP contribution in [0.4, 0.5) is 0 Å². The second kappa shape index (κ2) is 9.01. The van der Waals surface area contributed by atoms with Gasteiger partial charge in [-0.1, -0.05) is 0 Å². The van der Waals surface area contributed by atoms with Crippen LogP contribution in [0.3, 0.4) is 0 Å². The van der Waals surface area contributed by atoms with Crippen LogP contribution in [0.15, 0.2) is 21.1 Å².